The van der Waals surface area contributed by atoms with E-state index in [2.05, 4.69) is 0 Å². The van der Waals surface area contributed by atoms with Crippen molar-refractivity contribution in [3.63, 3.8) is 0 Å². The maximum Gasteiger partial charge on any atom is 0.188 e. The normalized spacial score (nSPS) is 12.3. The van der Waals surface area contributed by atoms with Gasteiger partial charge >= 0.3 is 0 Å². The zero-order valence-corrected chi connectivity index (χ0v) is 13.8. The molecule has 2 aromatic carbocycles. The Kier molecular flexibility index (Phi) is 5.03. The van der Waals surface area contributed by atoms with Crippen molar-refractivity contribution in [2.24, 2.45) is 5.73 Å². The Morgan fingerprint density at radius 2 is 1.92 bits per heavy atom. The molecule has 0 saturated carbocycles. The highest BCUT2D eigenvalue weighted by atomic mass is 16.7. The van der Waals surface area contributed by atoms with E-state index in [-0.39, 0.29) is 12.8 Å². The van der Waals surface area contributed by atoms with Gasteiger partial charge in [-0.15, -0.1) is 0 Å². The van der Waals surface area contributed by atoms with Gasteiger partial charge in [0.2, 0.25) is 0 Å². The predicted octanol–water partition coefficient (Wildman–Crippen LogP) is 3.67. The lowest BCUT2D eigenvalue weighted by Crippen LogP contribution is -2.13. The number of ether oxygens (including phenoxy) is 3. The molecule has 5 nitrogen and oxygen atoms in total. The standard InChI is InChI=1S/C19H21NO4/c1-21-12-23-16-5-3-4-13(8-16)18(20)11-17-10-14-9-15(22-2)6-7-19(14)24-17/h3-10,18H,11-12,20H2,1-2H3. The van der Waals surface area contributed by atoms with Crippen LogP contribution in [0.3, 0.4) is 0 Å². The molecule has 0 aliphatic heterocycles. The molecule has 0 saturated heterocycles. The maximum absolute atomic E-state index is 6.33. The molecule has 1 atom stereocenters. The monoisotopic (exact) mass is 327 g/mol. The van der Waals surface area contributed by atoms with E-state index in [1.54, 1.807) is 14.2 Å². The van der Waals surface area contributed by atoms with Crippen LogP contribution in [0.25, 0.3) is 11.0 Å². The number of furan rings is 1. The van der Waals surface area contributed by atoms with E-state index >= 15 is 0 Å². The average Bonchev–Trinajstić information content (AvgIpc) is 3.01. The van der Waals surface area contributed by atoms with Crippen molar-refractivity contribution in [1.82, 2.24) is 0 Å². The molecule has 0 aliphatic rings. The van der Waals surface area contributed by atoms with Crippen molar-refractivity contribution < 1.29 is 18.6 Å². The molecule has 3 rings (SSSR count). The van der Waals surface area contributed by atoms with E-state index in [1.807, 2.05) is 48.5 Å². The first-order valence-corrected chi connectivity index (χ1v) is 7.73. The minimum absolute atomic E-state index is 0.182. The van der Waals surface area contributed by atoms with Gasteiger partial charge in [0.05, 0.1) is 7.11 Å². The smallest absolute Gasteiger partial charge is 0.188 e. The highest BCUT2D eigenvalue weighted by Crippen LogP contribution is 2.27. The van der Waals surface area contributed by atoms with Crippen LogP contribution in [0.1, 0.15) is 17.4 Å². The second-order valence-corrected chi connectivity index (χ2v) is 5.55. The van der Waals surface area contributed by atoms with Gasteiger partial charge in [-0.25, -0.2) is 0 Å². The van der Waals surface area contributed by atoms with Gasteiger partial charge in [0.25, 0.3) is 0 Å². The Balaban J connectivity index is 1.75. The van der Waals surface area contributed by atoms with Crippen molar-refractivity contribution in [2.45, 2.75) is 12.5 Å². The van der Waals surface area contributed by atoms with Gasteiger partial charge in [-0.3, -0.25) is 0 Å². The van der Waals surface area contributed by atoms with E-state index in [4.69, 9.17) is 24.4 Å². The van der Waals surface area contributed by atoms with E-state index in [0.717, 1.165) is 33.8 Å². The summed E-state index contributed by atoms with van der Waals surface area (Å²) in [5, 5.41) is 1.01. The minimum atomic E-state index is -0.182. The number of benzene rings is 2. The average molecular weight is 327 g/mol. The number of methoxy groups -OCH3 is 2. The SMILES string of the molecule is COCOc1cccc(C(N)Cc2cc3cc(OC)ccc3o2)c1. The van der Waals surface area contributed by atoms with E-state index in [0.29, 0.717) is 6.42 Å². The molecular formula is C19H21NO4. The van der Waals surface area contributed by atoms with Crippen LogP contribution in [0.4, 0.5) is 0 Å². The Hall–Kier alpha value is -2.50. The van der Waals surface area contributed by atoms with Gasteiger partial charge in [0, 0.05) is 25.0 Å². The zero-order valence-electron chi connectivity index (χ0n) is 13.8. The summed E-state index contributed by atoms with van der Waals surface area (Å²) in [5.74, 6) is 2.38. The van der Waals surface area contributed by atoms with Crippen LogP contribution < -0.4 is 15.2 Å². The first kappa shape index (κ1) is 16.4. The van der Waals surface area contributed by atoms with Gasteiger partial charge in [0.1, 0.15) is 22.8 Å². The fourth-order valence-corrected chi connectivity index (χ4v) is 2.60. The second-order valence-electron chi connectivity index (χ2n) is 5.55. The first-order chi connectivity index (χ1) is 11.7. The summed E-state index contributed by atoms with van der Waals surface area (Å²) < 4.78 is 21.5. The van der Waals surface area contributed by atoms with Gasteiger partial charge < -0.3 is 24.4 Å². The summed E-state index contributed by atoms with van der Waals surface area (Å²) in [6.07, 6.45) is 0.602. The summed E-state index contributed by atoms with van der Waals surface area (Å²) >= 11 is 0. The lowest BCUT2D eigenvalue weighted by atomic mass is 10.0. The second kappa shape index (κ2) is 7.38. The third kappa shape index (κ3) is 3.69. The number of hydrogen-bond acceptors (Lipinski definition) is 5. The lowest BCUT2D eigenvalue weighted by Gasteiger charge is -2.12. The third-order valence-electron chi connectivity index (χ3n) is 3.83. The zero-order chi connectivity index (χ0) is 16.9. The van der Waals surface area contributed by atoms with Gasteiger partial charge in [-0.2, -0.15) is 0 Å². The molecule has 0 amide bonds. The Morgan fingerprint density at radius 3 is 2.71 bits per heavy atom. The summed E-state index contributed by atoms with van der Waals surface area (Å²) in [7, 11) is 3.24. The largest absolute Gasteiger partial charge is 0.497 e. The number of nitrogens with two attached hydrogens (primary N) is 1. The molecule has 24 heavy (non-hydrogen) atoms. The highest BCUT2D eigenvalue weighted by Gasteiger charge is 2.12. The minimum Gasteiger partial charge on any atom is -0.497 e. The Bertz CT molecular complexity index is 812. The topological polar surface area (TPSA) is 66.9 Å². The van der Waals surface area contributed by atoms with Crippen LogP contribution in [-0.2, 0) is 11.2 Å². The number of rotatable bonds is 7. The third-order valence-corrected chi connectivity index (χ3v) is 3.83. The van der Waals surface area contributed by atoms with Crippen LogP contribution in [0.2, 0.25) is 0 Å². The molecule has 1 aromatic heterocycles. The van der Waals surface area contributed by atoms with Gasteiger partial charge in [-0.05, 0) is 42.0 Å². The fourth-order valence-electron chi connectivity index (χ4n) is 2.60. The van der Waals surface area contributed by atoms with Gasteiger partial charge in [-0.1, -0.05) is 12.1 Å². The molecule has 1 unspecified atom stereocenters. The summed E-state index contributed by atoms with van der Waals surface area (Å²) in [5.41, 5.74) is 8.15. The molecule has 126 valence electrons. The summed E-state index contributed by atoms with van der Waals surface area (Å²) in [4.78, 5) is 0. The quantitative estimate of drug-likeness (QED) is 0.671. The van der Waals surface area contributed by atoms with E-state index in [9.17, 15) is 0 Å². The molecular weight excluding hydrogens is 306 g/mol. The number of fused-ring (bicyclic) bond motifs is 1. The Morgan fingerprint density at radius 1 is 1.04 bits per heavy atom. The molecule has 2 N–H and O–H groups in total. The molecule has 1 heterocycles. The van der Waals surface area contributed by atoms with Crippen molar-refractivity contribution in [2.75, 3.05) is 21.0 Å². The van der Waals surface area contributed by atoms with Crippen LogP contribution in [-0.4, -0.2) is 21.0 Å². The van der Waals surface area contributed by atoms with Crippen molar-refractivity contribution in [3.05, 3.63) is 59.9 Å². The lowest BCUT2D eigenvalue weighted by molar-refractivity contribution is 0.0510. The molecule has 0 aliphatic carbocycles. The molecule has 0 spiro atoms. The summed E-state index contributed by atoms with van der Waals surface area (Å²) in [6.45, 7) is 0.212. The van der Waals surface area contributed by atoms with Crippen molar-refractivity contribution in [3.8, 4) is 11.5 Å². The van der Waals surface area contributed by atoms with Crippen molar-refractivity contribution in [1.29, 1.82) is 0 Å². The molecule has 5 heteroatoms. The highest BCUT2D eigenvalue weighted by molar-refractivity contribution is 5.79. The first-order valence-electron chi connectivity index (χ1n) is 7.73. The Labute approximate surface area is 140 Å². The maximum atomic E-state index is 6.33. The van der Waals surface area contributed by atoms with E-state index < -0.39 is 0 Å². The molecule has 3 aromatic rings. The number of hydrogen-bond donors (Lipinski definition) is 1. The van der Waals surface area contributed by atoms with Crippen LogP contribution >= 0.6 is 0 Å². The van der Waals surface area contributed by atoms with Gasteiger partial charge in [0.15, 0.2) is 6.79 Å². The molecule has 0 fully saturated rings. The van der Waals surface area contributed by atoms with Crippen LogP contribution in [0.5, 0.6) is 11.5 Å². The van der Waals surface area contributed by atoms with E-state index in [1.165, 1.54) is 0 Å². The summed E-state index contributed by atoms with van der Waals surface area (Å²) in [6, 6.07) is 15.3. The van der Waals surface area contributed by atoms with Crippen LogP contribution in [0.15, 0.2) is 52.9 Å². The van der Waals surface area contributed by atoms with Crippen LogP contribution in [0, 0.1) is 0 Å². The molecule has 0 radical (unpaired) electrons. The fraction of sp³-hybridized carbons (Fsp3) is 0.263. The van der Waals surface area contributed by atoms with Crippen molar-refractivity contribution >= 4 is 11.0 Å². The predicted molar refractivity (Wildman–Crippen MR) is 92.3 cm³/mol. The molecule has 0 bridgehead atoms.